The van der Waals surface area contributed by atoms with Crippen LogP contribution in [0.2, 0.25) is 0 Å². The number of phenols is 4. The van der Waals surface area contributed by atoms with Crippen molar-refractivity contribution in [1.82, 2.24) is 0 Å². The van der Waals surface area contributed by atoms with Gasteiger partial charge < -0.3 is 31.1 Å². The molecular weight excluding hydrogens is 877 g/mol. The highest BCUT2D eigenvalue weighted by Crippen LogP contribution is 2.44. The second kappa shape index (κ2) is 15.4. The molecule has 60 heavy (non-hydrogen) atoms. The van der Waals surface area contributed by atoms with Gasteiger partial charge in [0.15, 0.2) is 11.5 Å². The number of anilines is 2. The molecule has 0 radical (unpaired) electrons. The lowest BCUT2D eigenvalue weighted by Gasteiger charge is -2.13. The third-order valence-corrected chi connectivity index (χ3v) is 11.8. The van der Waals surface area contributed by atoms with Crippen molar-refractivity contribution in [3.63, 3.8) is 0 Å². The van der Waals surface area contributed by atoms with Crippen LogP contribution in [0.4, 0.5) is 38.9 Å². The Morgan fingerprint density at radius 2 is 0.867 bits per heavy atom. The average Bonchev–Trinajstić information content (AvgIpc) is 3.13. The Morgan fingerprint density at radius 1 is 0.500 bits per heavy atom. The number of primary sulfonamides is 2. The molecule has 0 atom stereocenters. The van der Waals surface area contributed by atoms with Gasteiger partial charge >= 0.3 is 6.03 Å². The van der Waals surface area contributed by atoms with Gasteiger partial charge in [0.2, 0.25) is 20.0 Å². The first kappa shape index (κ1) is 42.7. The topological polar surface area (TPSA) is 401 Å². The molecule has 12 N–H and O–H groups in total. The zero-order chi connectivity index (χ0) is 44.1. The monoisotopic (exact) mass is 902 g/mol. The second-order valence-corrected chi connectivity index (χ2v) is 18.2. The van der Waals surface area contributed by atoms with Gasteiger partial charge in [0.25, 0.3) is 20.2 Å². The van der Waals surface area contributed by atoms with Crippen LogP contribution >= 0.6 is 0 Å². The standard InChI is InChI=1S/C33H26N8O15S4/c34-57(47,48)19-3-7-25(42)23(13-19)38-40-29-27(59(51,52)53)11-15-9-17(1-5-21(15)31(29)44)36-33(46)37-18-2-6-22-16(10-18)12-28(60(54,55)56)30(32(22)45)41-39-24-14-20(58(35,49)50)4-8-26(24)43/h1-14,42-45H,(H2,34,47,48)(H2,35,49,50)(H2,36,37,46)(H,51,52,53)(H,54,55,56). The molecule has 23 nitrogen and oxygen atoms in total. The van der Waals surface area contributed by atoms with Gasteiger partial charge in [-0.15, -0.1) is 20.5 Å². The van der Waals surface area contributed by atoms with Crippen LogP contribution in [0, 0.1) is 0 Å². The summed E-state index contributed by atoms with van der Waals surface area (Å²) in [7, 11) is -18.8. The first-order valence-corrected chi connectivity index (χ1v) is 22.0. The highest BCUT2D eigenvalue weighted by atomic mass is 32.2. The zero-order valence-corrected chi connectivity index (χ0v) is 32.8. The molecule has 0 aromatic heterocycles. The fourth-order valence-corrected chi connectivity index (χ4v) is 7.85. The molecule has 6 rings (SSSR count). The number of carbonyl (C=O) groups excluding carboxylic acids is 1. The number of nitrogens with one attached hydrogen (secondary N) is 2. The normalized spacial score (nSPS) is 12.7. The Kier molecular flexibility index (Phi) is 11.0. The van der Waals surface area contributed by atoms with Crippen LogP contribution in [0.1, 0.15) is 0 Å². The molecule has 6 aromatic rings. The van der Waals surface area contributed by atoms with E-state index in [-0.39, 0.29) is 32.9 Å². The third-order valence-electron chi connectivity index (χ3n) is 8.24. The number of amides is 2. The van der Waals surface area contributed by atoms with E-state index in [0.29, 0.717) is 0 Å². The third kappa shape index (κ3) is 9.06. The molecule has 312 valence electrons. The Bertz CT molecular complexity index is 3120. The smallest absolute Gasteiger partial charge is 0.323 e. The van der Waals surface area contributed by atoms with Crippen LogP contribution in [0.3, 0.4) is 0 Å². The molecule has 0 unspecified atom stereocenters. The number of sulfonamides is 2. The number of rotatable bonds is 10. The summed E-state index contributed by atoms with van der Waals surface area (Å²) < 4.78 is 116. The van der Waals surface area contributed by atoms with E-state index in [1.807, 2.05) is 0 Å². The van der Waals surface area contributed by atoms with Gasteiger partial charge in [0.05, 0.1) is 9.79 Å². The molecule has 0 saturated heterocycles. The lowest BCUT2D eigenvalue weighted by molar-refractivity contribution is 0.262. The number of urea groups is 1. The van der Waals surface area contributed by atoms with Gasteiger partial charge in [0.1, 0.15) is 44.0 Å². The van der Waals surface area contributed by atoms with Gasteiger partial charge in [-0.25, -0.2) is 31.9 Å². The van der Waals surface area contributed by atoms with E-state index < -0.39 is 112 Å². The summed E-state index contributed by atoms with van der Waals surface area (Å²) in [6.45, 7) is 0. The zero-order valence-electron chi connectivity index (χ0n) is 29.5. The van der Waals surface area contributed by atoms with Crippen LogP contribution in [0.5, 0.6) is 23.0 Å². The maximum atomic E-state index is 13.0. The Labute approximate surface area is 337 Å². The number of phenolic OH excluding ortho intramolecular Hbond substituents is 4. The molecule has 0 fully saturated rings. The minimum Gasteiger partial charge on any atom is -0.506 e. The van der Waals surface area contributed by atoms with E-state index in [4.69, 9.17) is 10.3 Å². The van der Waals surface area contributed by atoms with Crippen LogP contribution in [0.15, 0.2) is 125 Å². The SMILES string of the molecule is NS(=O)(=O)c1ccc(O)c(N=Nc2c(S(=O)(=O)O)cc3cc(NC(=O)Nc4ccc5c(O)c(N=Nc6cc(S(N)(=O)=O)ccc6O)c(S(=O)(=O)O)cc5c4)ccc3c2O)c1. The van der Waals surface area contributed by atoms with Gasteiger partial charge in [-0.2, -0.15) is 16.8 Å². The first-order valence-electron chi connectivity index (χ1n) is 16.0. The summed E-state index contributed by atoms with van der Waals surface area (Å²) in [5.41, 5.74) is -2.57. The molecule has 2 amide bonds. The number of aromatic hydroxyl groups is 4. The largest absolute Gasteiger partial charge is 0.506 e. The lowest BCUT2D eigenvalue weighted by Crippen LogP contribution is -2.19. The number of hydrogen-bond acceptors (Lipinski definition) is 17. The molecule has 0 aliphatic heterocycles. The Morgan fingerprint density at radius 3 is 1.20 bits per heavy atom. The van der Waals surface area contributed by atoms with E-state index in [1.165, 1.54) is 36.4 Å². The highest BCUT2D eigenvalue weighted by Gasteiger charge is 2.25. The molecule has 0 heterocycles. The summed E-state index contributed by atoms with van der Waals surface area (Å²) in [6.07, 6.45) is 0. The van der Waals surface area contributed by atoms with Gasteiger partial charge in [-0.3, -0.25) is 9.11 Å². The van der Waals surface area contributed by atoms with Crippen molar-refractivity contribution in [3.05, 3.63) is 84.9 Å². The maximum absolute atomic E-state index is 13.0. The molecule has 0 saturated carbocycles. The Hall–Kier alpha value is -6.85. The van der Waals surface area contributed by atoms with E-state index in [9.17, 15) is 68.0 Å². The maximum Gasteiger partial charge on any atom is 0.323 e. The predicted octanol–water partition coefficient (Wildman–Crippen LogP) is 5.08. The van der Waals surface area contributed by atoms with Crippen molar-refractivity contribution in [2.24, 2.45) is 30.7 Å². The van der Waals surface area contributed by atoms with Crippen molar-refractivity contribution in [2.75, 3.05) is 10.6 Å². The van der Waals surface area contributed by atoms with E-state index in [1.54, 1.807) is 0 Å². The van der Waals surface area contributed by atoms with Crippen LogP contribution in [-0.2, 0) is 40.3 Å². The molecule has 27 heteroatoms. The molecule has 6 aromatic carbocycles. The van der Waals surface area contributed by atoms with Crippen LogP contribution in [0.25, 0.3) is 21.5 Å². The number of nitrogens with two attached hydrogens (primary N) is 2. The Balaban J connectivity index is 1.29. The minimum absolute atomic E-state index is 0.00234. The fraction of sp³-hybridized carbons (Fsp3) is 0. The fourth-order valence-electron chi connectivity index (χ4n) is 5.47. The number of carbonyl (C=O) groups is 1. The van der Waals surface area contributed by atoms with E-state index in [2.05, 4.69) is 31.1 Å². The number of nitrogens with zero attached hydrogens (tertiary/aromatic N) is 4. The summed E-state index contributed by atoms with van der Waals surface area (Å²) >= 11 is 0. The molecule has 0 aliphatic carbocycles. The molecule has 0 spiro atoms. The number of fused-ring (bicyclic) bond motifs is 2. The first-order chi connectivity index (χ1) is 27.8. The minimum atomic E-state index is -5.14. The van der Waals surface area contributed by atoms with Gasteiger partial charge in [0, 0.05) is 22.1 Å². The van der Waals surface area contributed by atoms with E-state index in [0.717, 1.165) is 48.5 Å². The molecular formula is C33H26N8O15S4. The van der Waals surface area contributed by atoms with Crippen LogP contribution in [-0.4, -0.2) is 69.2 Å². The van der Waals surface area contributed by atoms with Crippen molar-refractivity contribution in [3.8, 4) is 23.0 Å². The highest BCUT2D eigenvalue weighted by molar-refractivity contribution is 7.89. The predicted molar refractivity (Wildman–Crippen MR) is 211 cm³/mol. The number of azo groups is 2. The summed E-state index contributed by atoms with van der Waals surface area (Å²) in [5, 5.41) is 71.5. The molecule has 0 bridgehead atoms. The second-order valence-electron chi connectivity index (χ2n) is 12.3. The number of hydrogen-bond donors (Lipinski definition) is 10. The summed E-state index contributed by atoms with van der Waals surface area (Å²) in [6, 6.07) is 13.7. The van der Waals surface area contributed by atoms with Crippen molar-refractivity contribution in [2.45, 2.75) is 19.6 Å². The van der Waals surface area contributed by atoms with Crippen LogP contribution < -0.4 is 20.9 Å². The molecule has 0 aliphatic rings. The lowest BCUT2D eigenvalue weighted by atomic mass is 10.1. The van der Waals surface area contributed by atoms with Crippen molar-refractivity contribution < 1.29 is 68.0 Å². The number of benzene rings is 6. The van der Waals surface area contributed by atoms with Gasteiger partial charge in [-0.05, 0) is 95.7 Å². The van der Waals surface area contributed by atoms with E-state index >= 15 is 0 Å². The average molecular weight is 903 g/mol. The summed E-state index contributed by atoms with van der Waals surface area (Å²) in [5.74, 6) is -2.85. The van der Waals surface area contributed by atoms with Crippen molar-refractivity contribution >= 4 is 102 Å². The van der Waals surface area contributed by atoms with Gasteiger partial charge in [-0.1, -0.05) is 0 Å². The quantitative estimate of drug-likeness (QED) is 0.0633. The van der Waals surface area contributed by atoms with Crippen molar-refractivity contribution in [1.29, 1.82) is 0 Å². The summed E-state index contributed by atoms with van der Waals surface area (Å²) in [4.78, 5) is 10.1.